The predicted octanol–water partition coefficient (Wildman–Crippen LogP) is 1.89. The second-order valence-electron chi connectivity index (χ2n) is 6.41. The Hall–Kier alpha value is -2.79. The number of aliphatic carboxylic acids is 1. The molecule has 158 valence electrons. The van der Waals surface area contributed by atoms with Crippen molar-refractivity contribution in [3.05, 3.63) is 40.3 Å². The van der Waals surface area contributed by atoms with E-state index in [-0.39, 0.29) is 23.7 Å². The summed E-state index contributed by atoms with van der Waals surface area (Å²) in [5.74, 6) is -1.87. The third-order valence-electron chi connectivity index (χ3n) is 4.54. The molecule has 1 aromatic rings. The van der Waals surface area contributed by atoms with Crippen LogP contribution in [-0.2, 0) is 19.1 Å². The molecule has 0 saturated carbocycles. The summed E-state index contributed by atoms with van der Waals surface area (Å²) in [6.45, 7) is -0.115. The molecule has 0 bridgehead atoms. The first-order valence-electron chi connectivity index (χ1n) is 8.85. The van der Waals surface area contributed by atoms with Crippen molar-refractivity contribution in [2.24, 2.45) is 0 Å². The molecule has 2 fully saturated rings. The highest BCUT2D eigenvalue weighted by Gasteiger charge is 2.37. The summed E-state index contributed by atoms with van der Waals surface area (Å²) in [5, 5.41) is 8.68. The van der Waals surface area contributed by atoms with Gasteiger partial charge in [-0.1, -0.05) is 12.1 Å². The minimum absolute atomic E-state index is 0.115. The summed E-state index contributed by atoms with van der Waals surface area (Å²) in [5.41, 5.74) is 0.989. The lowest BCUT2D eigenvalue weighted by molar-refractivity contribution is -0.148. The number of carboxylic acid groups (broad SMARTS) is 1. The molecule has 2 aliphatic rings. The SMILES string of the molecule is COC(=O)c1ccc(/C=C2/SC(=O)N(CCC(=O)N3CSCC3C(=O)O)C2=O)cc1. The number of nitrogens with zero attached hydrogens (tertiary/aromatic N) is 2. The monoisotopic (exact) mass is 450 g/mol. The summed E-state index contributed by atoms with van der Waals surface area (Å²) in [4.78, 5) is 62.3. The number of hydrogen-bond donors (Lipinski definition) is 1. The van der Waals surface area contributed by atoms with E-state index in [1.807, 2.05) is 0 Å². The first kappa shape index (κ1) is 21.9. The third kappa shape index (κ3) is 4.68. The van der Waals surface area contributed by atoms with E-state index in [4.69, 9.17) is 0 Å². The van der Waals surface area contributed by atoms with Crippen LogP contribution in [0.3, 0.4) is 0 Å². The van der Waals surface area contributed by atoms with E-state index in [1.165, 1.54) is 29.8 Å². The zero-order chi connectivity index (χ0) is 21.8. The average molecular weight is 450 g/mol. The van der Waals surface area contributed by atoms with Crippen LogP contribution in [0.2, 0.25) is 0 Å². The molecule has 1 N–H and O–H groups in total. The van der Waals surface area contributed by atoms with Gasteiger partial charge in [0.25, 0.3) is 11.1 Å². The van der Waals surface area contributed by atoms with E-state index in [0.29, 0.717) is 16.9 Å². The van der Waals surface area contributed by atoms with E-state index in [2.05, 4.69) is 4.74 Å². The van der Waals surface area contributed by atoms with Crippen LogP contribution >= 0.6 is 23.5 Å². The number of carboxylic acids is 1. The summed E-state index contributed by atoms with van der Waals surface area (Å²) < 4.78 is 4.63. The summed E-state index contributed by atoms with van der Waals surface area (Å²) >= 11 is 2.11. The molecule has 2 heterocycles. The highest BCUT2D eigenvalue weighted by Crippen LogP contribution is 2.32. The average Bonchev–Trinajstić information content (AvgIpc) is 3.32. The normalized spacial score (nSPS) is 20.2. The van der Waals surface area contributed by atoms with E-state index in [9.17, 15) is 29.1 Å². The lowest BCUT2D eigenvalue weighted by atomic mass is 10.1. The van der Waals surface area contributed by atoms with Gasteiger partial charge in [0.05, 0.1) is 23.5 Å². The van der Waals surface area contributed by atoms with Crippen molar-refractivity contribution >= 4 is 58.6 Å². The van der Waals surface area contributed by atoms with Crippen molar-refractivity contribution in [1.82, 2.24) is 9.80 Å². The van der Waals surface area contributed by atoms with Crippen LogP contribution in [0.1, 0.15) is 22.3 Å². The Kier molecular flexibility index (Phi) is 6.83. The number of ether oxygens (including phenoxy) is 1. The maximum atomic E-state index is 12.6. The first-order chi connectivity index (χ1) is 14.3. The number of rotatable bonds is 6. The van der Waals surface area contributed by atoms with Crippen LogP contribution in [0.15, 0.2) is 29.2 Å². The number of methoxy groups -OCH3 is 1. The molecular formula is C19H18N2O7S2. The first-order valence-corrected chi connectivity index (χ1v) is 10.8. The van der Waals surface area contributed by atoms with Crippen LogP contribution in [0.4, 0.5) is 4.79 Å². The Bertz CT molecular complexity index is 929. The Morgan fingerprint density at radius 2 is 1.93 bits per heavy atom. The van der Waals surface area contributed by atoms with Crippen LogP contribution in [0.5, 0.6) is 0 Å². The van der Waals surface area contributed by atoms with E-state index in [1.54, 1.807) is 24.3 Å². The molecular weight excluding hydrogens is 432 g/mol. The second-order valence-corrected chi connectivity index (χ2v) is 8.41. The molecule has 30 heavy (non-hydrogen) atoms. The van der Waals surface area contributed by atoms with Gasteiger partial charge in [-0.2, -0.15) is 0 Å². The molecule has 9 nitrogen and oxygen atoms in total. The molecule has 0 aliphatic carbocycles. The van der Waals surface area contributed by atoms with Crippen molar-refractivity contribution in [3.63, 3.8) is 0 Å². The Morgan fingerprint density at radius 3 is 2.57 bits per heavy atom. The minimum Gasteiger partial charge on any atom is -0.480 e. The summed E-state index contributed by atoms with van der Waals surface area (Å²) in [6.07, 6.45) is 1.40. The zero-order valence-electron chi connectivity index (χ0n) is 15.9. The number of carbonyl (C=O) groups excluding carboxylic acids is 4. The number of esters is 1. The highest BCUT2D eigenvalue weighted by molar-refractivity contribution is 8.18. The van der Waals surface area contributed by atoms with Crippen LogP contribution in [0, 0.1) is 0 Å². The molecule has 2 saturated heterocycles. The predicted molar refractivity (Wildman–Crippen MR) is 111 cm³/mol. The van der Waals surface area contributed by atoms with Crippen molar-refractivity contribution in [2.75, 3.05) is 25.3 Å². The molecule has 2 aliphatic heterocycles. The quantitative estimate of drug-likeness (QED) is 0.511. The second kappa shape index (κ2) is 9.35. The topological polar surface area (TPSA) is 121 Å². The molecule has 3 rings (SSSR count). The van der Waals surface area contributed by atoms with Crippen LogP contribution < -0.4 is 0 Å². The number of imide groups is 1. The van der Waals surface area contributed by atoms with E-state index in [0.717, 1.165) is 16.7 Å². The van der Waals surface area contributed by atoms with Crippen molar-refractivity contribution < 1.29 is 33.8 Å². The van der Waals surface area contributed by atoms with Crippen molar-refractivity contribution in [1.29, 1.82) is 0 Å². The third-order valence-corrected chi connectivity index (χ3v) is 6.46. The molecule has 1 aromatic carbocycles. The molecule has 11 heteroatoms. The van der Waals surface area contributed by atoms with E-state index < -0.39 is 35.0 Å². The fourth-order valence-corrected chi connectivity index (χ4v) is 4.96. The van der Waals surface area contributed by atoms with E-state index >= 15 is 0 Å². The zero-order valence-corrected chi connectivity index (χ0v) is 17.5. The number of carbonyl (C=O) groups is 5. The molecule has 3 amide bonds. The number of hydrogen-bond acceptors (Lipinski definition) is 8. The maximum absolute atomic E-state index is 12.6. The van der Waals surface area contributed by atoms with Gasteiger partial charge >= 0.3 is 11.9 Å². The van der Waals surface area contributed by atoms with Gasteiger partial charge in [0.15, 0.2) is 0 Å². The van der Waals surface area contributed by atoms with Gasteiger partial charge in [-0.05, 0) is 35.5 Å². The molecule has 0 radical (unpaired) electrons. The van der Waals surface area contributed by atoms with Gasteiger partial charge in [-0.15, -0.1) is 11.8 Å². The van der Waals surface area contributed by atoms with Crippen LogP contribution in [0.25, 0.3) is 6.08 Å². The molecule has 1 unspecified atom stereocenters. The summed E-state index contributed by atoms with van der Waals surface area (Å²) in [7, 11) is 1.28. The van der Waals surface area contributed by atoms with Gasteiger partial charge < -0.3 is 14.7 Å². The lowest BCUT2D eigenvalue weighted by Gasteiger charge is -2.21. The summed E-state index contributed by atoms with van der Waals surface area (Å²) in [6, 6.07) is 5.47. The molecule has 1 atom stereocenters. The Morgan fingerprint density at radius 1 is 1.23 bits per heavy atom. The maximum Gasteiger partial charge on any atom is 0.337 e. The molecule has 0 spiro atoms. The largest absolute Gasteiger partial charge is 0.480 e. The number of benzene rings is 1. The Balaban J connectivity index is 1.63. The van der Waals surface area contributed by atoms with Gasteiger partial charge in [0.1, 0.15) is 6.04 Å². The van der Waals surface area contributed by atoms with Crippen molar-refractivity contribution in [3.8, 4) is 0 Å². The van der Waals surface area contributed by atoms with Gasteiger partial charge in [0, 0.05) is 18.7 Å². The van der Waals surface area contributed by atoms with Gasteiger partial charge in [-0.3, -0.25) is 19.3 Å². The Labute approximate surface area is 180 Å². The van der Waals surface area contributed by atoms with Crippen LogP contribution in [-0.4, -0.2) is 75.2 Å². The lowest BCUT2D eigenvalue weighted by Crippen LogP contribution is -2.43. The number of thioether (sulfide) groups is 2. The van der Waals surface area contributed by atoms with Gasteiger partial charge in [-0.25, -0.2) is 9.59 Å². The van der Waals surface area contributed by atoms with Crippen molar-refractivity contribution in [2.45, 2.75) is 12.5 Å². The smallest absolute Gasteiger partial charge is 0.337 e. The molecule has 0 aromatic heterocycles. The number of amides is 3. The standard InChI is InChI=1S/C19H18N2O7S2/c1-28-18(26)12-4-2-11(3-5-12)8-14-16(23)20(19(27)30-14)7-6-15(22)21-10-29-9-13(21)17(24)25/h2-5,8,13H,6-7,9-10H2,1H3,(H,24,25)/b14-8+. The fourth-order valence-electron chi connectivity index (χ4n) is 2.92. The fraction of sp³-hybridized carbons (Fsp3) is 0.316. The highest BCUT2D eigenvalue weighted by atomic mass is 32.2. The minimum atomic E-state index is -1.07. The van der Waals surface area contributed by atoms with Gasteiger partial charge in [0.2, 0.25) is 5.91 Å².